The summed E-state index contributed by atoms with van der Waals surface area (Å²) in [4.78, 5) is 28.3. The summed E-state index contributed by atoms with van der Waals surface area (Å²) >= 11 is 0. The van der Waals surface area contributed by atoms with Gasteiger partial charge in [0, 0.05) is 35.9 Å². The molecule has 0 N–H and O–H groups in total. The topological polar surface area (TPSA) is 87.2 Å². The predicted molar refractivity (Wildman–Crippen MR) is 224 cm³/mol. The second kappa shape index (κ2) is 13.7. The largest absolute Gasteiger partial charge is 0.279 e. The molecule has 10 aromatic rings. The summed E-state index contributed by atoms with van der Waals surface area (Å²) in [6, 6.07) is 51.5. The van der Waals surface area contributed by atoms with E-state index in [4.69, 9.17) is 19.9 Å². The number of imidazole rings is 2. The maximum atomic E-state index is 4.83. The van der Waals surface area contributed by atoms with Crippen LogP contribution in [0, 0.1) is 13.8 Å². The van der Waals surface area contributed by atoms with Crippen molar-refractivity contribution in [3.05, 3.63) is 182 Å². The van der Waals surface area contributed by atoms with Crippen LogP contribution >= 0.6 is 0 Å². The average molecular weight is 723 g/mol. The van der Waals surface area contributed by atoms with Gasteiger partial charge in [0.25, 0.3) is 0 Å². The van der Waals surface area contributed by atoms with Gasteiger partial charge in [-0.3, -0.25) is 9.13 Å². The zero-order chi connectivity index (χ0) is 37.6. The number of hydrogen-bond donors (Lipinski definition) is 0. The lowest BCUT2D eigenvalue weighted by Crippen LogP contribution is -2.04. The van der Waals surface area contributed by atoms with E-state index >= 15 is 0 Å². The Balaban J connectivity index is 1.29. The van der Waals surface area contributed by atoms with E-state index in [0.29, 0.717) is 22.6 Å². The summed E-state index contributed by atoms with van der Waals surface area (Å²) < 4.78 is 4.26. The molecule has 10 rings (SSSR count). The molecule has 4 heterocycles. The van der Waals surface area contributed by atoms with Crippen LogP contribution in [-0.2, 0) is 0 Å². The third kappa shape index (κ3) is 5.46. The normalized spacial score (nSPS) is 11.4. The molecule has 0 saturated carbocycles. The van der Waals surface area contributed by atoms with Crippen LogP contribution in [0.4, 0.5) is 0 Å². The van der Waals surface area contributed by atoms with E-state index in [-0.39, 0.29) is 0 Å². The second-order valence-corrected chi connectivity index (χ2v) is 13.6. The average Bonchev–Trinajstić information content (AvgIpc) is 3.78. The van der Waals surface area contributed by atoms with Crippen LogP contribution in [0.15, 0.2) is 170 Å². The molecule has 56 heavy (non-hydrogen) atoms. The van der Waals surface area contributed by atoms with Crippen molar-refractivity contribution < 1.29 is 0 Å². The van der Waals surface area contributed by atoms with Crippen LogP contribution < -0.4 is 0 Å². The lowest BCUT2D eigenvalue weighted by Gasteiger charge is -2.23. The summed E-state index contributed by atoms with van der Waals surface area (Å²) in [5.74, 6) is 1.62. The number of aryl methyl sites for hydroxylation is 2. The zero-order valence-corrected chi connectivity index (χ0v) is 30.7. The summed E-state index contributed by atoms with van der Waals surface area (Å²) in [5.41, 5.74) is 15.5. The van der Waals surface area contributed by atoms with Gasteiger partial charge in [0.1, 0.15) is 11.6 Å². The van der Waals surface area contributed by atoms with E-state index in [1.54, 1.807) is 24.8 Å². The van der Waals surface area contributed by atoms with E-state index in [9.17, 15) is 0 Å². The van der Waals surface area contributed by atoms with Gasteiger partial charge in [0.05, 0.1) is 11.4 Å². The Hall–Kier alpha value is -7.58. The lowest BCUT2D eigenvalue weighted by atomic mass is 9.84. The third-order valence-electron chi connectivity index (χ3n) is 10.3. The molecule has 0 fully saturated rings. The Morgan fingerprint density at radius 2 is 0.696 bits per heavy atom. The molecule has 0 bridgehead atoms. The zero-order valence-electron chi connectivity index (χ0n) is 30.7. The second-order valence-electron chi connectivity index (χ2n) is 13.6. The molecule has 0 aliphatic rings. The van der Waals surface area contributed by atoms with Crippen molar-refractivity contribution in [3.63, 3.8) is 0 Å². The minimum atomic E-state index is 0.608. The van der Waals surface area contributed by atoms with Gasteiger partial charge in [-0.1, -0.05) is 133 Å². The number of hydrogen-bond acceptors (Lipinski definition) is 6. The van der Waals surface area contributed by atoms with E-state index < -0.39 is 0 Å². The SMILES string of the molecule is Cc1nc2nccnc2n1-c1cccc(-c2ccccc2)c1-c1ccccc1-c1ccccc1-c1c(-c2ccccc2)cccc1-n1c(C)nc2nccnc21. The van der Waals surface area contributed by atoms with Gasteiger partial charge < -0.3 is 0 Å². The highest BCUT2D eigenvalue weighted by atomic mass is 15.2. The first-order valence-corrected chi connectivity index (χ1v) is 18.5. The van der Waals surface area contributed by atoms with E-state index in [1.807, 2.05) is 13.8 Å². The molecule has 0 amide bonds. The van der Waals surface area contributed by atoms with Gasteiger partial charge >= 0.3 is 0 Å². The predicted octanol–water partition coefficient (Wildman–Crippen LogP) is 10.9. The maximum absolute atomic E-state index is 4.83. The van der Waals surface area contributed by atoms with Crippen molar-refractivity contribution in [1.82, 2.24) is 39.0 Å². The smallest absolute Gasteiger partial charge is 0.198 e. The molecule has 0 atom stereocenters. The lowest BCUT2D eigenvalue weighted by molar-refractivity contribution is 0.988. The monoisotopic (exact) mass is 722 g/mol. The quantitative estimate of drug-likeness (QED) is 0.163. The number of fused-ring (bicyclic) bond motifs is 2. The molecule has 4 aromatic heterocycles. The highest BCUT2D eigenvalue weighted by molar-refractivity contribution is 6.02. The van der Waals surface area contributed by atoms with Gasteiger partial charge in [-0.2, -0.15) is 0 Å². The molecule has 0 spiro atoms. The molecule has 0 radical (unpaired) electrons. The number of rotatable bonds is 7. The minimum absolute atomic E-state index is 0.608. The van der Waals surface area contributed by atoms with Crippen molar-refractivity contribution in [2.45, 2.75) is 13.8 Å². The van der Waals surface area contributed by atoms with Crippen molar-refractivity contribution in [2.75, 3.05) is 0 Å². The van der Waals surface area contributed by atoms with Crippen molar-refractivity contribution in [2.24, 2.45) is 0 Å². The van der Waals surface area contributed by atoms with Crippen LogP contribution in [0.5, 0.6) is 0 Å². The summed E-state index contributed by atoms with van der Waals surface area (Å²) in [6.45, 7) is 4.02. The Labute approximate surface area is 323 Å². The van der Waals surface area contributed by atoms with Gasteiger partial charge in [0.15, 0.2) is 22.6 Å². The molecule has 8 heteroatoms. The van der Waals surface area contributed by atoms with Gasteiger partial charge in [-0.05, 0) is 70.5 Å². The van der Waals surface area contributed by atoms with E-state index in [2.05, 4.69) is 165 Å². The van der Waals surface area contributed by atoms with E-state index in [1.165, 1.54) is 0 Å². The van der Waals surface area contributed by atoms with Crippen LogP contribution in [0.1, 0.15) is 11.6 Å². The van der Waals surface area contributed by atoms with Crippen LogP contribution in [0.25, 0.3) is 89.6 Å². The minimum Gasteiger partial charge on any atom is -0.279 e. The summed E-state index contributed by atoms with van der Waals surface area (Å²) in [5, 5.41) is 0. The van der Waals surface area contributed by atoms with Gasteiger partial charge in [-0.25, -0.2) is 29.9 Å². The summed E-state index contributed by atoms with van der Waals surface area (Å²) in [6.07, 6.45) is 6.83. The fourth-order valence-corrected chi connectivity index (χ4v) is 8.02. The molecule has 0 saturated heterocycles. The first kappa shape index (κ1) is 33.0. The molecule has 0 aliphatic heterocycles. The molecular formula is C48H34N8. The molecule has 8 nitrogen and oxygen atoms in total. The fraction of sp³-hybridized carbons (Fsp3) is 0.0417. The summed E-state index contributed by atoms with van der Waals surface area (Å²) in [7, 11) is 0. The number of nitrogens with zero attached hydrogens (tertiary/aromatic N) is 8. The standard InChI is InChI=1S/C48H34N8/c1-31-53-45-47(51-29-27-49-45)55(31)41-25-13-23-35(33-15-5-3-6-16-33)43(41)39-21-11-9-19-37(39)38-20-10-12-22-40(38)44-36(34-17-7-4-8-18-34)24-14-26-42(44)56-32(2)54-46-48(56)52-30-28-50-46/h3-30H,1-2H3. The van der Waals surface area contributed by atoms with Crippen molar-refractivity contribution in [3.8, 4) is 67.0 Å². The van der Waals surface area contributed by atoms with Gasteiger partial charge in [0.2, 0.25) is 0 Å². The molecular weight excluding hydrogens is 689 g/mol. The number of aromatic nitrogens is 8. The van der Waals surface area contributed by atoms with Crippen LogP contribution in [-0.4, -0.2) is 39.0 Å². The van der Waals surface area contributed by atoms with Crippen LogP contribution in [0.3, 0.4) is 0 Å². The maximum Gasteiger partial charge on any atom is 0.198 e. The Kier molecular flexibility index (Phi) is 8.07. The molecule has 266 valence electrons. The molecule has 6 aromatic carbocycles. The fourth-order valence-electron chi connectivity index (χ4n) is 8.02. The number of benzene rings is 6. The van der Waals surface area contributed by atoms with Crippen LogP contribution in [0.2, 0.25) is 0 Å². The van der Waals surface area contributed by atoms with Crippen molar-refractivity contribution in [1.29, 1.82) is 0 Å². The first-order chi connectivity index (χ1) is 27.7. The molecule has 0 aliphatic carbocycles. The Bertz CT molecular complexity index is 2850. The van der Waals surface area contributed by atoms with Crippen molar-refractivity contribution >= 4 is 22.6 Å². The Morgan fingerprint density at radius 1 is 0.339 bits per heavy atom. The first-order valence-electron chi connectivity index (χ1n) is 18.5. The van der Waals surface area contributed by atoms with Gasteiger partial charge in [-0.15, -0.1) is 0 Å². The highest BCUT2D eigenvalue weighted by Crippen LogP contribution is 2.47. The Morgan fingerprint density at radius 3 is 1.12 bits per heavy atom. The van der Waals surface area contributed by atoms with E-state index in [0.717, 1.165) is 78.7 Å². The third-order valence-corrected chi connectivity index (χ3v) is 10.3. The molecule has 0 unspecified atom stereocenters. The highest BCUT2D eigenvalue weighted by Gasteiger charge is 2.25.